The minimum atomic E-state index is -0.246. The second-order valence-corrected chi connectivity index (χ2v) is 6.31. The lowest BCUT2D eigenvalue weighted by Gasteiger charge is -2.34. The van der Waals surface area contributed by atoms with Crippen LogP contribution in [-0.2, 0) is 6.42 Å². The third kappa shape index (κ3) is 2.43. The number of hydrogen-bond acceptors (Lipinski definition) is 3. The Bertz CT molecular complexity index is 955. The molecule has 1 amide bonds. The molecule has 0 aliphatic carbocycles. The zero-order chi connectivity index (χ0) is 16.8. The lowest BCUT2D eigenvalue weighted by molar-refractivity contribution is 0.0671. The van der Waals surface area contributed by atoms with Gasteiger partial charge in [-0.1, -0.05) is 17.7 Å². The van der Waals surface area contributed by atoms with Crippen molar-refractivity contribution in [1.29, 1.82) is 0 Å². The van der Waals surface area contributed by atoms with E-state index in [0.29, 0.717) is 29.3 Å². The summed E-state index contributed by atoms with van der Waals surface area (Å²) < 4.78 is 14.9. The zero-order valence-corrected chi connectivity index (χ0v) is 13.7. The molecule has 24 heavy (non-hydrogen) atoms. The Balaban J connectivity index is 1.67. The van der Waals surface area contributed by atoms with Gasteiger partial charge in [0.15, 0.2) is 11.3 Å². The van der Waals surface area contributed by atoms with Crippen molar-refractivity contribution in [3.05, 3.63) is 64.3 Å². The number of nitrogens with zero attached hydrogens (tertiary/aromatic N) is 4. The monoisotopic (exact) mass is 344 g/mol. The molecular weight excluding hydrogens is 331 g/mol. The lowest BCUT2D eigenvalue weighted by Crippen LogP contribution is -2.39. The number of fused-ring (bicyclic) bond motifs is 2. The summed E-state index contributed by atoms with van der Waals surface area (Å²) in [6, 6.07) is 6.24. The molecule has 0 bridgehead atoms. The SMILES string of the molecule is CC1c2ccc(F)cc2CCN1C(=O)c1cc2ncc(Cl)cn2n1. The molecule has 3 heterocycles. The molecular formula is C17H14ClFN4O. The van der Waals surface area contributed by atoms with Gasteiger partial charge in [-0.3, -0.25) is 4.79 Å². The first-order chi connectivity index (χ1) is 11.5. The van der Waals surface area contributed by atoms with Crippen LogP contribution < -0.4 is 0 Å². The zero-order valence-electron chi connectivity index (χ0n) is 12.9. The lowest BCUT2D eigenvalue weighted by atomic mass is 9.93. The van der Waals surface area contributed by atoms with Crippen molar-refractivity contribution in [1.82, 2.24) is 19.5 Å². The van der Waals surface area contributed by atoms with Gasteiger partial charge < -0.3 is 4.90 Å². The maximum absolute atomic E-state index is 13.4. The Morgan fingerprint density at radius 2 is 2.21 bits per heavy atom. The third-order valence-electron chi connectivity index (χ3n) is 4.41. The minimum Gasteiger partial charge on any atom is -0.330 e. The molecule has 0 saturated carbocycles. The molecule has 0 fully saturated rings. The summed E-state index contributed by atoms with van der Waals surface area (Å²) in [7, 11) is 0. The number of carbonyl (C=O) groups excluding carboxylic acids is 1. The Morgan fingerprint density at radius 3 is 3.04 bits per heavy atom. The highest BCUT2D eigenvalue weighted by molar-refractivity contribution is 6.30. The summed E-state index contributed by atoms with van der Waals surface area (Å²) in [6.45, 7) is 2.47. The molecule has 1 unspecified atom stereocenters. The molecule has 1 aliphatic heterocycles. The van der Waals surface area contributed by atoms with Crippen molar-refractivity contribution in [3.63, 3.8) is 0 Å². The van der Waals surface area contributed by atoms with E-state index in [9.17, 15) is 9.18 Å². The van der Waals surface area contributed by atoms with Crippen LogP contribution in [0.1, 0.15) is 34.6 Å². The fourth-order valence-corrected chi connectivity index (χ4v) is 3.33. The number of rotatable bonds is 1. The number of carbonyl (C=O) groups is 1. The van der Waals surface area contributed by atoms with Crippen LogP contribution in [0.25, 0.3) is 5.65 Å². The van der Waals surface area contributed by atoms with Crippen LogP contribution in [0.3, 0.4) is 0 Å². The molecule has 0 spiro atoms. The van der Waals surface area contributed by atoms with Crippen LogP contribution in [0.4, 0.5) is 4.39 Å². The van der Waals surface area contributed by atoms with Crippen molar-refractivity contribution in [2.75, 3.05) is 6.54 Å². The van der Waals surface area contributed by atoms with Gasteiger partial charge in [0.2, 0.25) is 0 Å². The van der Waals surface area contributed by atoms with Crippen molar-refractivity contribution < 1.29 is 9.18 Å². The van der Waals surface area contributed by atoms with E-state index in [1.807, 2.05) is 6.92 Å². The Kier molecular flexibility index (Phi) is 3.49. The molecule has 2 aromatic heterocycles. The average Bonchev–Trinajstić information content (AvgIpc) is 2.97. The standard InChI is InChI=1S/C17H14ClFN4O/c1-10-14-3-2-13(19)6-11(14)4-5-22(10)17(24)15-7-16-20-8-12(18)9-23(16)21-15/h2-3,6-10H,4-5H2,1H3. The van der Waals surface area contributed by atoms with Gasteiger partial charge in [0.25, 0.3) is 5.91 Å². The van der Waals surface area contributed by atoms with Crippen LogP contribution in [0, 0.1) is 5.82 Å². The van der Waals surface area contributed by atoms with Crippen LogP contribution in [0.15, 0.2) is 36.7 Å². The maximum Gasteiger partial charge on any atom is 0.274 e. The van der Waals surface area contributed by atoms with Crippen LogP contribution in [-0.4, -0.2) is 31.9 Å². The summed E-state index contributed by atoms with van der Waals surface area (Å²) in [5.41, 5.74) is 2.81. The highest BCUT2D eigenvalue weighted by atomic mass is 35.5. The molecule has 7 heteroatoms. The molecule has 1 aliphatic rings. The van der Waals surface area contributed by atoms with Gasteiger partial charge in [-0.2, -0.15) is 5.10 Å². The van der Waals surface area contributed by atoms with Crippen molar-refractivity contribution in [2.45, 2.75) is 19.4 Å². The predicted molar refractivity (Wildman–Crippen MR) is 87.6 cm³/mol. The van der Waals surface area contributed by atoms with Crippen molar-refractivity contribution in [3.8, 4) is 0 Å². The fourth-order valence-electron chi connectivity index (χ4n) is 3.18. The van der Waals surface area contributed by atoms with E-state index in [4.69, 9.17) is 11.6 Å². The van der Waals surface area contributed by atoms with Gasteiger partial charge in [-0.25, -0.2) is 13.9 Å². The summed E-state index contributed by atoms with van der Waals surface area (Å²) in [5, 5.41) is 4.72. The number of hydrogen-bond donors (Lipinski definition) is 0. The molecule has 0 N–H and O–H groups in total. The fraction of sp³-hybridized carbons (Fsp3) is 0.235. The van der Waals surface area contributed by atoms with E-state index in [2.05, 4.69) is 10.1 Å². The smallest absolute Gasteiger partial charge is 0.274 e. The van der Waals surface area contributed by atoms with Crippen LogP contribution in [0.5, 0.6) is 0 Å². The Labute approximate surface area is 142 Å². The highest BCUT2D eigenvalue weighted by Crippen LogP contribution is 2.30. The molecule has 5 nitrogen and oxygen atoms in total. The van der Waals surface area contributed by atoms with Crippen molar-refractivity contribution >= 4 is 23.2 Å². The van der Waals surface area contributed by atoms with E-state index in [0.717, 1.165) is 11.1 Å². The van der Waals surface area contributed by atoms with Crippen LogP contribution in [0.2, 0.25) is 5.02 Å². The topological polar surface area (TPSA) is 50.5 Å². The second kappa shape index (κ2) is 5.56. The highest BCUT2D eigenvalue weighted by Gasteiger charge is 2.29. The van der Waals surface area contributed by atoms with E-state index in [1.165, 1.54) is 16.8 Å². The Morgan fingerprint density at radius 1 is 1.38 bits per heavy atom. The van der Waals surface area contributed by atoms with Crippen LogP contribution >= 0.6 is 11.6 Å². The first-order valence-corrected chi connectivity index (χ1v) is 8.01. The quantitative estimate of drug-likeness (QED) is 0.680. The number of aromatic nitrogens is 3. The van der Waals surface area contributed by atoms with E-state index in [-0.39, 0.29) is 17.8 Å². The van der Waals surface area contributed by atoms with E-state index in [1.54, 1.807) is 29.3 Å². The van der Waals surface area contributed by atoms with Gasteiger partial charge in [0.1, 0.15) is 5.82 Å². The van der Waals surface area contributed by atoms with Gasteiger partial charge in [0.05, 0.1) is 17.3 Å². The minimum absolute atomic E-state index is 0.136. The molecule has 1 atom stereocenters. The first-order valence-electron chi connectivity index (χ1n) is 7.63. The van der Waals surface area contributed by atoms with Crippen molar-refractivity contribution in [2.24, 2.45) is 0 Å². The van der Waals surface area contributed by atoms with E-state index >= 15 is 0 Å². The number of amides is 1. The average molecular weight is 345 g/mol. The van der Waals surface area contributed by atoms with Gasteiger partial charge in [-0.15, -0.1) is 0 Å². The second-order valence-electron chi connectivity index (χ2n) is 5.87. The Hall–Kier alpha value is -2.47. The summed E-state index contributed by atoms with van der Waals surface area (Å²) in [5.74, 6) is -0.414. The predicted octanol–water partition coefficient (Wildman–Crippen LogP) is 3.28. The molecule has 1 aromatic carbocycles. The maximum atomic E-state index is 13.4. The summed E-state index contributed by atoms with van der Waals surface area (Å²) in [6.07, 6.45) is 3.75. The normalized spacial score (nSPS) is 17.1. The van der Waals surface area contributed by atoms with Gasteiger partial charge in [0, 0.05) is 18.8 Å². The molecule has 0 saturated heterocycles. The molecule has 0 radical (unpaired) electrons. The molecule has 122 valence electrons. The number of benzene rings is 1. The van der Waals surface area contributed by atoms with Gasteiger partial charge in [-0.05, 0) is 36.6 Å². The molecule has 3 aromatic rings. The largest absolute Gasteiger partial charge is 0.330 e. The first kappa shape index (κ1) is 15.1. The van der Waals surface area contributed by atoms with Gasteiger partial charge >= 0.3 is 0 Å². The van der Waals surface area contributed by atoms with E-state index < -0.39 is 0 Å². The number of halogens is 2. The third-order valence-corrected chi connectivity index (χ3v) is 4.60. The summed E-state index contributed by atoms with van der Waals surface area (Å²) in [4.78, 5) is 18.8. The summed E-state index contributed by atoms with van der Waals surface area (Å²) >= 11 is 5.90. The molecule has 4 rings (SSSR count).